The molecule has 0 saturated heterocycles. The van der Waals surface area contributed by atoms with Crippen molar-refractivity contribution >= 4 is 45.3 Å². The van der Waals surface area contributed by atoms with Crippen LogP contribution in [0.4, 0.5) is 11.8 Å². The maximum absolute atomic E-state index is 5.32. The van der Waals surface area contributed by atoms with E-state index in [9.17, 15) is 0 Å². The number of methoxy groups -OCH3 is 1. The molecule has 2 N–H and O–H groups in total. The molecule has 4 rings (SSSR count). The molecule has 0 aliphatic heterocycles. The van der Waals surface area contributed by atoms with Gasteiger partial charge in [0.25, 0.3) is 0 Å². The molecule has 2 aromatic carbocycles. The second-order valence-electron chi connectivity index (χ2n) is 6.02. The van der Waals surface area contributed by atoms with Crippen LogP contribution >= 0.6 is 22.6 Å². The predicted molar refractivity (Wildman–Crippen MR) is 121 cm³/mol. The summed E-state index contributed by atoms with van der Waals surface area (Å²) in [6, 6.07) is 13.8. The van der Waals surface area contributed by atoms with E-state index in [1.54, 1.807) is 7.11 Å². The summed E-state index contributed by atoms with van der Waals surface area (Å²) >= 11 is 2.15. The van der Waals surface area contributed by atoms with Gasteiger partial charge in [0, 0.05) is 10.9 Å². The highest BCUT2D eigenvalue weighted by Gasteiger charge is 2.12. The van der Waals surface area contributed by atoms with Crippen molar-refractivity contribution in [3.05, 3.63) is 53.9 Å². The quantitative estimate of drug-likeness (QED) is 0.316. The van der Waals surface area contributed by atoms with Crippen LogP contribution in [0.5, 0.6) is 5.75 Å². The van der Waals surface area contributed by atoms with E-state index in [0.29, 0.717) is 17.6 Å². The minimum atomic E-state index is 0.472. The number of anilines is 2. The molecule has 7 nitrogen and oxygen atoms in total. The number of ether oxygens (including phenoxy) is 1. The number of aryl methyl sites for hydroxylation is 2. The lowest BCUT2D eigenvalue weighted by atomic mass is 10.1. The Kier molecular flexibility index (Phi) is 6.40. The van der Waals surface area contributed by atoms with Crippen molar-refractivity contribution in [2.24, 2.45) is 0 Å². The zero-order valence-electron chi connectivity index (χ0n) is 16.1. The van der Waals surface area contributed by atoms with Crippen molar-refractivity contribution in [3.63, 3.8) is 0 Å². The summed E-state index contributed by atoms with van der Waals surface area (Å²) in [6.07, 6.45) is 0. The Labute approximate surface area is 177 Å². The highest BCUT2D eigenvalue weighted by atomic mass is 127. The van der Waals surface area contributed by atoms with E-state index in [1.165, 1.54) is 0 Å². The van der Waals surface area contributed by atoms with Crippen molar-refractivity contribution in [1.29, 1.82) is 0 Å². The Morgan fingerprint density at radius 2 is 1.82 bits per heavy atom. The number of rotatable bonds is 4. The molecule has 0 spiro atoms. The van der Waals surface area contributed by atoms with Gasteiger partial charge in [-0.05, 0) is 48.6 Å². The van der Waals surface area contributed by atoms with Crippen LogP contribution in [0.2, 0.25) is 0 Å². The van der Waals surface area contributed by atoms with Gasteiger partial charge in [-0.2, -0.15) is 4.98 Å². The smallest absolute Gasteiger partial charge is 0.247 e. The number of alkyl halides is 1. The molecule has 4 aromatic rings. The lowest BCUT2D eigenvalue weighted by Crippen LogP contribution is -2.01. The number of halogens is 1. The zero-order valence-corrected chi connectivity index (χ0v) is 18.3. The standard InChI is InChI=1S/C19H18N6O.CH3I/c1-11-7-8-15-16(9-11)21-17(13-5-4-6-14(10-13)26-3)22-18(15)23-19-20-12(2)24-25-19;1-2/h4-10H,1-3H3,(H2,20,21,22,23,24,25);1H3. The highest BCUT2D eigenvalue weighted by molar-refractivity contribution is 14.1. The molecule has 0 atom stereocenters. The van der Waals surface area contributed by atoms with Gasteiger partial charge in [-0.25, -0.2) is 9.97 Å². The fraction of sp³-hybridized carbons (Fsp3) is 0.200. The fourth-order valence-corrected chi connectivity index (χ4v) is 2.73. The summed E-state index contributed by atoms with van der Waals surface area (Å²) in [5.41, 5.74) is 2.86. The lowest BCUT2D eigenvalue weighted by molar-refractivity contribution is 0.415. The number of fused-ring (bicyclic) bond motifs is 1. The minimum absolute atomic E-state index is 0.472. The van der Waals surface area contributed by atoms with Crippen molar-refractivity contribution in [1.82, 2.24) is 25.1 Å². The van der Waals surface area contributed by atoms with Crippen molar-refractivity contribution in [3.8, 4) is 17.1 Å². The third-order valence-corrected chi connectivity index (χ3v) is 4.01. The van der Waals surface area contributed by atoms with Crippen LogP contribution in [0.25, 0.3) is 22.3 Å². The second-order valence-corrected chi connectivity index (χ2v) is 6.02. The van der Waals surface area contributed by atoms with E-state index in [-0.39, 0.29) is 0 Å². The summed E-state index contributed by atoms with van der Waals surface area (Å²) in [4.78, 5) is 15.7. The van der Waals surface area contributed by atoms with Crippen LogP contribution in [-0.4, -0.2) is 37.2 Å². The molecule has 0 fully saturated rings. The predicted octanol–water partition coefficient (Wildman–Crippen LogP) is 4.84. The summed E-state index contributed by atoms with van der Waals surface area (Å²) < 4.78 is 5.32. The van der Waals surface area contributed by atoms with E-state index >= 15 is 0 Å². The topological polar surface area (TPSA) is 88.6 Å². The van der Waals surface area contributed by atoms with Crippen LogP contribution < -0.4 is 10.1 Å². The first kappa shape index (κ1) is 20.0. The Morgan fingerprint density at radius 3 is 2.54 bits per heavy atom. The van der Waals surface area contributed by atoms with Gasteiger partial charge < -0.3 is 10.1 Å². The van der Waals surface area contributed by atoms with E-state index in [0.717, 1.165) is 33.6 Å². The largest absolute Gasteiger partial charge is 0.497 e. The van der Waals surface area contributed by atoms with E-state index in [1.807, 2.05) is 61.2 Å². The Bertz CT molecular complexity index is 1100. The number of hydrogen-bond donors (Lipinski definition) is 2. The van der Waals surface area contributed by atoms with E-state index in [4.69, 9.17) is 14.7 Å². The average molecular weight is 488 g/mol. The number of benzene rings is 2. The maximum Gasteiger partial charge on any atom is 0.247 e. The van der Waals surface area contributed by atoms with Gasteiger partial charge in [-0.3, -0.25) is 5.10 Å². The first-order valence-electron chi connectivity index (χ1n) is 8.59. The molecular formula is C20H21IN6O. The zero-order chi connectivity index (χ0) is 20.1. The first-order chi connectivity index (χ1) is 13.6. The van der Waals surface area contributed by atoms with Crippen molar-refractivity contribution in [2.75, 3.05) is 17.4 Å². The second kappa shape index (κ2) is 8.96. The van der Waals surface area contributed by atoms with Crippen molar-refractivity contribution < 1.29 is 4.74 Å². The summed E-state index contributed by atoms with van der Waals surface area (Å²) in [5.74, 6) is 3.23. The monoisotopic (exact) mass is 488 g/mol. The van der Waals surface area contributed by atoms with Crippen LogP contribution in [0.15, 0.2) is 42.5 Å². The van der Waals surface area contributed by atoms with Crippen LogP contribution in [0, 0.1) is 13.8 Å². The van der Waals surface area contributed by atoms with E-state index in [2.05, 4.69) is 43.1 Å². The summed E-state index contributed by atoms with van der Waals surface area (Å²) in [5, 5.41) is 11.1. The summed E-state index contributed by atoms with van der Waals surface area (Å²) in [7, 11) is 1.64. The van der Waals surface area contributed by atoms with E-state index < -0.39 is 0 Å². The Hall–Kier alpha value is -2.75. The molecule has 0 unspecified atom stereocenters. The number of aromatic amines is 1. The third kappa shape index (κ3) is 4.38. The SMILES string of the molecule is CI.COc1cccc(-c2nc(Nc3n[nH]c(C)n3)c3ccc(C)cc3n2)c1. The molecule has 0 saturated carbocycles. The highest BCUT2D eigenvalue weighted by Crippen LogP contribution is 2.28. The molecule has 144 valence electrons. The van der Waals surface area contributed by atoms with Crippen LogP contribution in [0.1, 0.15) is 11.4 Å². The summed E-state index contributed by atoms with van der Waals surface area (Å²) in [6.45, 7) is 3.89. The van der Waals surface area contributed by atoms with Gasteiger partial charge in [-0.1, -0.05) is 40.8 Å². The van der Waals surface area contributed by atoms with Crippen molar-refractivity contribution in [2.45, 2.75) is 13.8 Å². The van der Waals surface area contributed by atoms with Gasteiger partial charge in [0.05, 0.1) is 12.6 Å². The number of hydrogen-bond acceptors (Lipinski definition) is 6. The Morgan fingerprint density at radius 1 is 1.00 bits per heavy atom. The Balaban J connectivity index is 0.00000109. The molecule has 0 amide bonds. The number of nitrogens with one attached hydrogen (secondary N) is 2. The van der Waals surface area contributed by atoms with Gasteiger partial charge in [-0.15, -0.1) is 5.10 Å². The molecule has 8 heteroatoms. The molecule has 0 aliphatic carbocycles. The molecule has 2 heterocycles. The van der Waals surface area contributed by atoms with Gasteiger partial charge >= 0.3 is 0 Å². The molecule has 28 heavy (non-hydrogen) atoms. The molecule has 2 aromatic heterocycles. The van der Waals surface area contributed by atoms with Gasteiger partial charge in [0.15, 0.2) is 5.82 Å². The molecular weight excluding hydrogens is 467 g/mol. The average Bonchev–Trinajstić information content (AvgIpc) is 3.13. The first-order valence-corrected chi connectivity index (χ1v) is 10.7. The third-order valence-electron chi connectivity index (χ3n) is 4.01. The van der Waals surface area contributed by atoms with Crippen LogP contribution in [-0.2, 0) is 0 Å². The van der Waals surface area contributed by atoms with Gasteiger partial charge in [0.1, 0.15) is 17.4 Å². The fourth-order valence-electron chi connectivity index (χ4n) is 2.73. The molecule has 0 bridgehead atoms. The van der Waals surface area contributed by atoms with Gasteiger partial charge in [0.2, 0.25) is 5.95 Å². The normalized spacial score (nSPS) is 10.3. The van der Waals surface area contributed by atoms with Crippen LogP contribution in [0.3, 0.4) is 0 Å². The number of nitrogens with zero attached hydrogens (tertiary/aromatic N) is 4. The molecule has 0 aliphatic rings. The minimum Gasteiger partial charge on any atom is -0.497 e. The maximum atomic E-state index is 5.32. The number of H-pyrrole nitrogens is 1. The number of aromatic nitrogens is 5. The lowest BCUT2D eigenvalue weighted by Gasteiger charge is -2.10. The molecule has 0 radical (unpaired) electrons.